The van der Waals surface area contributed by atoms with Crippen molar-refractivity contribution in [1.29, 1.82) is 0 Å². The lowest BCUT2D eigenvalue weighted by molar-refractivity contribution is 0.154. The van der Waals surface area contributed by atoms with Gasteiger partial charge < -0.3 is 9.47 Å². The summed E-state index contributed by atoms with van der Waals surface area (Å²) in [6.07, 6.45) is 0. The molecule has 1 heterocycles. The van der Waals surface area contributed by atoms with Gasteiger partial charge in [-0.1, -0.05) is 11.6 Å². The predicted molar refractivity (Wildman–Crippen MR) is 90.0 cm³/mol. The summed E-state index contributed by atoms with van der Waals surface area (Å²) in [4.78, 5) is 2.33. The van der Waals surface area contributed by atoms with Crippen LogP contribution in [0.1, 0.15) is 13.8 Å². The van der Waals surface area contributed by atoms with Crippen molar-refractivity contribution in [3.63, 3.8) is 0 Å². The van der Waals surface area contributed by atoms with Gasteiger partial charge in [0.25, 0.3) is 0 Å². The number of ether oxygens (including phenoxy) is 2. The molecule has 0 amide bonds. The van der Waals surface area contributed by atoms with Crippen LogP contribution in [-0.2, 0) is 10.0 Å². The van der Waals surface area contributed by atoms with Gasteiger partial charge in [0.2, 0.25) is 10.0 Å². The number of methoxy groups -OCH3 is 2. The van der Waals surface area contributed by atoms with Crippen LogP contribution in [0.5, 0.6) is 11.5 Å². The van der Waals surface area contributed by atoms with Crippen LogP contribution in [0.4, 0.5) is 0 Å². The van der Waals surface area contributed by atoms with Crippen molar-refractivity contribution in [1.82, 2.24) is 9.21 Å². The second-order valence-electron chi connectivity index (χ2n) is 5.67. The molecule has 0 radical (unpaired) electrons. The second-order valence-corrected chi connectivity index (χ2v) is 7.98. The molecule has 23 heavy (non-hydrogen) atoms. The molecule has 0 saturated carbocycles. The van der Waals surface area contributed by atoms with E-state index in [1.807, 2.05) is 0 Å². The topological polar surface area (TPSA) is 59.1 Å². The Morgan fingerprint density at radius 3 is 2.09 bits per heavy atom. The summed E-state index contributed by atoms with van der Waals surface area (Å²) >= 11 is 6.10. The molecule has 6 nitrogen and oxygen atoms in total. The molecule has 2 rings (SSSR count). The highest BCUT2D eigenvalue weighted by molar-refractivity contribution is 7.89. The van der Waals surface area contributed by atoms with Gasteiger partial charge in [-0.2, -0.15) is 4.31 Å². The van der Waals surface area contributed by atoms with Gasteiger partial charge in [0.05, 0.1) is 19.2 Å². The molecule has 1 aliphatic heterocycles. The van der Waals surface area contributed by atoms with Crippen LogP contribution in [0.15, 0.2) is 17.0 Å². The molecule has 1 aromatic rings. The van der Waals surface area contributed by atoms with Crippen LogP contribution in [0.3, 0.4) is 0 Å². The van der Waals surface area contributed by atoms with E-state index in [2.05, 4.69) is 18.7 Å². The third kappa shape index (κ3) is 3.74. The third-order valence-corrected chi connectivity index (χ3v) is 6.27. The van der Waals surface area contributed by atoms with Crippen LogP contribution >= 0.6 is 11.6 Å². The van der Waals surface area contributed by atoms with E-state index in [1.54, 1.807) is 0 Å². The molecule has 0 bridgehead atoms. The summed E-state index contributed by atoms with van der Waals surface area (Å²) in [5, 5.41) is 0.243. The van der Waals surface area contributed by atoms with E-state index >= 15 is 0 Å². The first-order valence-electron chi connectivity index (χ1n) is 7.47. The van der Waals surface area contributed by atoms with E-state index in [1.165, 1.54) is 30.7 Å². The molecule has 1 fully saturated rings. The number of hydrogen-bond donors (Lipinski definition) is 0. The number of benzene rings is 1. The molecule has 1 aliphatic rings. The molecule has 8 heteroatoms. The quantitative estimate of drug-likeness (QED) is 0.802. The highest BCUT2D eigenvalue weighted by atomic mass is 35.5. The molecular weight excluding hydrogens is 340 g/mol. The van der Waals surface area contributed by atoms with Crippen LogP contribution in [0.2, 0.25) is 5.02 Å². The minimum Gasteiger partial charge on any atom is -0.495 e. The zero-order valence-corrected chi connectivity index (χ0v) is 15.4. The molecule has 0 aromatic heterocycles. The average Bonchev–Trinajstić information content (AvgIpc) is 2.54. The lowest BCUT2D eigenvalue weighted by Gasteiger charge is -2.36. The summed E-state index contributed by atoms with van der Waals surface area (Å²) in [6, 6.07) is 3.30. The Balaban J connectivity index is 2.32. The summed E-state index contributed by atoms with van der Waals surface area (Å²) in [5.74, 6) is 0.615. The lowest BCUT2D eigenvalue weighted by atomic mass is 10.3. The Morgan fingerprint density at radius 2 is 1.61 bits per heavy atom. The number of sulfonamides is 1. The Labute approximate surface area is 143 Å². The van der Waals surface area contributed by atoms with Gasteiger partial charge in [-0.15, -0.1) is 0 Å². The second kappa shape index (κ2) is 7.25. The maximum Gasteiger partial charge on any atom is 0.246 e. The molecule has 0 aliphatic carbocycles. The Hall–Kier alpha value is -1.02. The molecule has 1 aromatic carbocycles. The van der Waals surface area contributed by atoms with Crippen molar-refractivity contribution in [3.05, 3.63) is 17.2 Å². The van der Waals surface area contributed by atoms with Crippen molar-refractivity contribution in [3.8, 4) is 11.5 Å². The fourth-order valence-corrected chi connectivity index (χ4v) is 4.52. The SMILES string of the molecule is COc1cc(OC)c(S(=O)(=O)N2CCN(C(C)C)CC2)cc1Cl. The van der Waals surface area contributed by atoms with Gasteiger partial charge in [0.15, 0.2) is 0 Å². The zero-order chi connectivity index (χ0) is 17.2. The van der Waals surface area contributed by atoms with Gasteiger partial charge >= 0.3 is 0 Å². The fourth-order valence-electron chi connectivity index (χ4n) is 2.63. The molecule has 1 saturated heterocycles. The average molecular weight is 363 g/mol. The van der Waals surface area contributed by atoms with Crippen molar-refractivity contribution in [2.75, 3.05) is 40.4 Å². The number of hydrogen-bond acceptors (Lipinski definition) is 5. The van der Waals surface area contributed by atoms with Gasteiger partial charge in [-0.25, -0.2) is 8.42 Å². The predicted octanol–water partition coefficient (Wildman–Crippen LogP) is 2.07. The highest BCUT2D eigenvalue weighted by Crippen LogP contribution is 2.36. The smallest absolute Gasteiger partial charge is 0.246 e. The van der Waals surface area contributed by atoms with E-state index in [0.29, 0.717) is 38.0 Å². The van der Waals surface area contributed by atoms with Crippen molar-refractivity contribution in [2.45, 2.75) is 24.8 Å². The minimum absolute atomic E-state index is 0.0730. The van der Waals surface area contributed by atoms with Gasteiger partial charge in [-0.3, -0.25) is 4.90 Å². The van der Waals surface area contributed by atoms with E-state index < -0.39 is 10.0 Å². The van der Waals surface area contributed by atoms with E-state index in [4.69, 9.17) is 21.1 Å². The molecular formula is C15H23ClN2O4S. The summed E-state index contributed by atoms with van der Waals surface area (Å²) in [6.45, 7) is 6.54. The zero-order valence-electron chi connectivity index (χ0n) is 13.9. The number of piperazine rings is 1. The molecule has 0 atom stereocenters. The maximum atomic E-state index is 12.9. The monoisotopic (exact) mass is 362 g/mol. The standard InChI is InChI=1S/C15H23ClN2O4S/c1-11(2)17-5-7-18(8-6-17)23(19,20)15-9-12(16)13(21-3)10-14(15)22-4/h9-11H,5-8H2,1-4H3. The summed E-state index contributed by atoms with van der Waals surface area (Å²) in [7, 11) is -0.759. The van der Waals surface area contributed by atoms with Crippen LogP contribution in [0, 0.1) is 0 Å². The number of nitrogens with zero attached hydrogens (tertiary/aromatic N) is 2. The van der Waals surface area contributed by atoms with Crippen LogP contribution in [-0.4, -0.2) is 64.1 Å². The van der Waals surface area contributed by atoms with Gasteiger partial charge in [-0.05, 0) is 19.9 Å². The molecule has 0 N–H and O–H groups in total. The first-order valence-corrected chi connectivity index (χ1v) is 9.28. The van der Waals surface area contributed by atoms with E-state index in [0.717, 1.165) is 0 Å². The fraction of sp³-hybridized carbons (Fsp3) is 0.600. The summed E-state index contributed by atoms with van der Waals surface area (Å²) in [5.41, 5.74) is 0. The minimum atomic E-state index is -3.66. The van der Waals surface area contributed by atoms with Crippen LogP contribution in [0.25, 0.3) is 0 Å². The van der Waals surface area contributed by atoms with Crippen molar-refractivity contribution in [2.24, 2.45) is 0 Å². The molecule has 0 spiro atoms. The summed E-state index contributed by atoms with van der Waals surface area (Å²) < 4.78 is 37.7. The van der Waals surface area contributed by atoms with E-state index in [-0.39, 0.29) is 15.7 Å². The lowest BCUT2D eigenvalue weighted by Crippen LogP contribution is -2.50. The highest BCUT2D eigenvalue weighted by Gasteiger charge is 2.32. The van der Waals surface area contributed by atoms with Crippen molar-refractivity contribution < 1.29 is 17.9 Å². The third-order valence-electron chi connectivity index (χ3n) is 4.06. The largest absolute Gasteiger partial charge is 0.495 e. The number of halogens is 1. The Bertz CT molecular complexity index is 656. The van der Waals surface area contributed by atoms with Crippen molar-refractivity contribution >= 4 is 21.6 Å². The maximum absolute atomic E-state index is 12.9. The van der Waals surface area contributed by atoms with Gasteiger partial charge in [0.1, 0.15) is 16.4 Å². The Morgan fingerprint density at radius 1 is 1.04 bits per heavy atom. The first-order chi connectivity index (χ1) is 10.8. The van der Waals surface area contributed by atoms with Gasteiger partial charge in [0, 0.05) is 38.3 Å². The molecule has 0 unspecified atom stereocenters. The normalized spacial score (nSPS) is 17.5. The number of rotatable bonds is 5. The Kier molecular flexibility index (Phi) is 5.78. The van der Waals surface area contributed by atoms with E-state index in [9.17, 15) is 8.42 Å². The first kappa shape index (κ1) is 18.3. The van der Waals surface area contributed by atoms with Crippen LogP contribution < -0.4 is 9.47 Å². The molecule has 130 valence electrons.